The predicted octanol–water partition coefficient (Wildman–Crippen LogP) is 3.78. The molecule has 168 valence electrons. The second-order valence-corrected chi connectivity index (χ2v) is 8.84. The molecule has 1 fully saturated rings. The van der Waals surface area contributed by atoms with Crippen LogP contribution >= 0.6 is 0 Å². The van der Waals surface area contributed by atoms with E-state index >= 15 is 0 Å². The molecule has 7 nitrogen and oxygen atoms in total. The number of aromatic nitrogens is 4. The molecule has 4 heterocycles. The molecule has 1 aliphatic rings. The molecule has 0 saturated carbocycles. The van der Waals surface area contributed by atoms with Crippen molar-refractivity contribution in [2.45, 2.75) is 25.3 Å². The van der Waals surface area contributed by atoms with Crippen LogP contribution < -0.4 is 0 Å². The second kappa shape index (κ2) is 9.11. The highest BCUT2D eigenvalue weighted by Crippen LogP contribution is 2.22. The molecule has 7 heteroatoms. The second-order valence-electron chi connectivity index (χ2n) is 8.84. The zero-order chi connectivity index (χ0) is 22.8. The minimum absolute atomic E-state index is 0.0800. The van der Waals surface area contributed by atoms with Crippen LogP contribution in [-0.2, 0) is 6.42 Å². The first kappa shape index (κ1) is 21.3. The highest BCUT2D eigenvalue weighted by molar-refractivity contribution is 5.98. The van der Waals surface area contributed by atoms with Gasteiger partial charge in [-0.05, 0) is 68.9 Å². The van der Waals surface area contributed by atoms with Crippen molar-refractivity contribution >= 4 is 16.8 Å². The molecule has 0 spiro atoms. The van der Waals surface area contributed by atoms with Gasteiger partial charge in [0.2, 0.25) is 0 Å². The van der Waals surface area contributed by atoms with Gasteiger partial charge in [-0.25, -0.2) is 9.97 Å². The molecular weight excluding hydrogens is 412 g/mol. The summed E-state index contributed by atoms with van der Waals surface area (Å²) in [5.41, 5.74) is 4.37. The van der Waals surface area contributed by atoms with Gasteiger partial charge in [0.25, 0.3) is 5.91 Å². The Bertz CT molecular complexity index is 1260. The van der Waals surface area contributed by atoms with Crippen LogP contribution in [0.2, 0.25) is 0 Å². The fourth-order valence-corrected chi connectivity index (χ4v) is 4.49. The van der Waals surface area contributed by atoms with Gasteiger partial charge in [-0.2, -0.15) is 0 Å². The highest BCUT2D eigenvalue weighted by atomic mass is 16.2. The first-order chi connectivity index (χ1) is 16.1. The van der Waals surface area contributed by atoms with Gasteiger partial charge in [-0.3, -0.25) is 9.78 Å². The van der Waals surface area contributed by atoms with Crippen LogP contribution in [0.5, 0.6) is 0 Å². The Hall–Kier alpha value is -3.58. The smallest absolute Gasteiger partial charge is 0.270 e. The molecule has 3 aromatic heterocycles. The first-order valence-electron chi connectivity index (χ1n) is 11.4. The number of carbonyl (C=O) groups excluding carboxylic acids is 1. The van der Waals surface area contributed by atoms with Gasteiger partial charge in [0.15, 0.2) is 0 Å². The van der Waals surface area contributed by atoms with Gasteiger partial charge in [-0.1, -0.05) is 12.1 Å². The normalized spacial score (nSPS) is 14.8. The Balaban J connectivity index is 1.31. The standard InChI is InChI=1S/C26H28N6O/c1-31(2)20-9-13-32(14-10-20)26(33)24-17-19-15-18(6-7-21(19)29-24)16-25-28-12-8-23(30-25)22-5-3-4-11-27-22/h3-8,11-12,15,17,20,29H,9-10,13-14,16H2,1-2H3. The van der Waals surface area contributed by atoms with Crippen LogP contribution in [0.3, 0.4) is 0 Å². The number of hydrogen-bond acceptors (Lipinski definition) is 5. The van der Waals surface area contributed by atoms with Crippen molar-refractivity contribution in [3.63, 3.8) is 0 Å². The van der Waals surface area contributed by atoms with Crippen molar-refractivity contribution in [3.05, 3.63) is 78.0 Å². The molecule has 1 aliphatic heterocycles. The zero-order valence-corrected chi connectivity index (χ0v) is 19.0. The van der Waals surface area contributed by atoms with Gasteiger partial charge >= 0.3 is 0 Å². The largest absolute Gasteiger partial charge is 0.351 e. The summed E-state index contributed by atoms with van der Waals surface area (Å²) in [6.45, 7) is 1.60. The number of amides is 1. The summed E-state index contributed by atoms with van der Waals surface area (Å²) >= 11 is 0. The third-order valence-corrected chi connectivity index (χ3v) is 6.39. The molecule has 4 aromatic rings. The third kappa shape index (κ3) is 4.64. The van der Waals surface area contributed by atoms with Crippen molar-refractivity contribution < 1.29 is 4.79 Å². The number of H-pyrrole nitrogens is 1. The number of nitrogens with one attached hydrogen (secondary N) is 1. The summed E-state index contributed by atoms with van der Waals surface area (Å²) in [6, 6.07) is 16.4. The van der Waals surface area contributed by atoms with E-state index in [1.54, 1.807) is 12.4 Å². The maximum atomic E-state index is 13.0. The minimum Gasteiger partial charge on any atom is -0.351 e. The summed E-state index contributed by atoms with van der Waals surface area (Å²) in [6.07, 6.45) is 6.18. The summed E-state index contributed by atoms with van der Waals surface area (Å²) in [5.74, 6) is 0.824. The van der Waals surface area contributed by atoms with E-state index in [1.807, 2.05) is 41.3 Å². The van der Waals surface area contributed by atoms with Gasteiger partial charge in [-0.15, -0.1) is 0 Å². The molecule has 0 radical (unpaired) electrons. The SMILES string of the molecule is CN(C)C1CCN(C(=O)c2cc3cc(Cc4nccc(-c5ccccn5)n4)ccc3[nH]2)CC1. The number of hydrogen-bond donors (Lipinski definition) is 1. The average Bonchev–Trinajstić information content (AvgIpc) is 3.28. The maximum Gasteiger partial charge on any atom is 0.270 e. The van der Waals surface area contributed by atoms with E-state index < -0.39 is 0 Å². The number of likely N-dealkylation sites (tertiary alicyclic amines) is 1. The number of benzene rings is 1. The van der Waals surface area contributed by atoms with E-state index in [4.69, 9.17) is 0 Å². The minimum atomic E-state index is 0.0800. The molecule has 0 bridgehead atoms. The lowest BCUT2D eigenvalue weighted by Gasteiger charge is -2.35. The maximum absolute atomic E-state index is 13.0. The van der Waals surface area contributed by atoms with Crippen molar-refractivity contribution in [1.29, 1.82) is 0 Å². The number of rotatable bonds is 5. The number of fused-ring (bicyclic) bond motifs is 1. The van der Waals surface area contributed by atoms with Gasteiger partial charge in [0.1, 0.15) is 11.5 Å². The Labute approximate surface area is 193 Å². The lowest BCUT2D eigenvalue weighted by molar-refractivity contribution is 0.0658. The zero-order valence-electron chi connectivity index (χ0n) is 19.0. The summed E-state index contributed by atoms with van der Waals surface area (Å²) < 4.78 is 0. The van der Waals surface area contributed by atoms with Crippen molar-refractivity contribution in [2.24, 2.45) is 0 Å². The van der Waals surface area contributed by atoms with E-state index in [0.29, 0.717) is 18.2 Å². The molecule has 1 aromatic carbocycles. The molecular formula is C26H28N6O. The molecule has 0 aliphatic carbocycles. The first-order valence-corrected chi connectivity index (χ1v) is 11.4. The van der Waals surface area contributed by atoms with E-state index in [-0.39, 0.29) is 5.91 Å². The van der Waals surface area contributed by atoms with Crippen LogP contribution in [0.1, 0.15) is 34.7 Å². The summed E-state index contributed by atoms with van der Waals surface area (Å²) in [7, 11) is 4.22. The van der Waals surface area contributed by atoms with Crippen LogP contribution in [0.4, 0.5) is 0 Å². The van der Waals surface area contributed by atoms with Crippen molar-refractivity contribution in [1.82, 2.24) is 29.7 Å². The van der Waals surface area contributed by atoms with Crippen LogP contribution in [0.15, 0.2) is 60.9 Å². The quantitative estimate of drug-likeness (QED) is 0.511. The predicted molar refractivity (Wildman–Crippen MR) is 129 cm³/mol. The fraction of sp³-hybridized carbons (Fsp3) is 0.308. The number of pyridine rings is 1. The number of aromatic amines is 1. The molecule has 0 atom stereocenters. The molecule has 1 saturated heterocycles. The monoisotopic (exact) mass is 440 g/mol. The Morgan fingerprint density at radius 2 is 1.88 bits per heavy atom. The Morgan fingerprint density at radius 1 is 1.03 bits per heavy atom. The number of carbonyl (C=O) groups is 1. The van der Waals surface area contributed by atoms with E-state index in [0.717, 1.165) is 59.6 Å². The van der Waals surface area contributed by atoms with E-state index in [9.17, 15) is 4.79 Å². The van der Waals surface area contributed by atoms with Gasteiger partial charge in [0, 0.05) is 48.8 Å². The molecule has 5 rings (SSSR count). The molecule has 33 heavy (non-hydrogen) atoms. The summed E-state index contributed by atoms with van der Waals surface area (Å²) in [5, 5.41) is 1.03. The van der Waals surface area contributed by atoms with Crippen LogP contribution in [-0.4, -0.2) is 68.9 Å². The van der Waals surface area contributed by atoms with Crippen LogP contribution in [0, 0.1) is 0 Å². The molecule has 0 unspecified atom stereocenters. The van der Waals surface area contributed by atoms with E-state index in [1.165, 1.54) is 0 Å². The molecule has 1 N–H and O–H groups in total. The lowest BCUT2D eigenvalue weighted by atomic mass is 10.0. The number of nitrogens with zero attached hydrogens (tertiary/aromatic N) is 5. The average molecular weight is 441 g/mol. The third-order valence-electron chi connectivity index (χ3n) is 6.39. The lowest BCUT2D eigenvalue weighted by Crippen LogP contribution is -2.44. The van der Waals surface area contributed by atoms with Gasteiger partial charge in [0.05, 0.1) is 11.4 Å². The summed E-state index contributed by atoms with van der Waals surface area (Å²) in [4.78, 5) is 34.1. The van der Waals surface area contributed by atoms with Crippen molar-refractivity contribution in [3.8, 4) is 11.4 Å². The topological polar surface area (TPSA) is 78.0 Å². The molecule has 1 amide bonds. The fourth-order valence-electron chi connectivity index (χ4n) is 4.49. The highest BCUT2D eigenvalue weighted by Gasteiger charge is 2.25. The van der Waals surface area contributed by atoms with E-state index in [2.05, 4.69) is 51.1 Å². The van der Waals surface area contributed by atoms with Crippen LogP contribution in [0.25, 0.3) is 22.3 Å². The Morgan fingerprint density at radius 3 is 2.64 bits per heavy atom. The van der Waals surface area contributed by atoms with Gasteiger partial charge < -0.3 is 14.8 Å². The van der Waals surface area contributed by atoms with Crippen molar-refractivity contribution in [2.75, 3.05) is 27.2 Å². The Kier molecular flexibility index (Phi) is 5.88. The number of piperidine rings is 1.